The van der Waals surface area contributed by atoms with Crippen LogP contribution >= 0.6 is 0 Å². The van der Waals surface area contributed by atoms with Crippen LogP contribution in [-0.4, -0.2) is 25.8 Å². The normalized spacial score (nSPS) is 19.9. The van der Waals surface area contributed by atoms with Crippen LogP contribution in [0.1, 0.15) is 68.9 Å². The van der Waals surface area contributed by atoms with E-state index in [0.717, 1.165) is 56.8 Å². The molecule has 0 spiro atoms. The fourth-order valence-electron chi connectivity index (χ4n) is 4.36. The van der Waals surface area contributed by atoms with Gasteiger partial charge in [-0.3, -0.25) is 0 Å². The first-order valence-corrected chi connectivity index (χ1v) is 11.5. The van der Waals surface area contributed by atoms with Crippen LogP contribution in [0.5, 0.6) is 0 Å². The molecule has 1 saturated carbocycles. The zero-order chi connectivity index (χ0) is 25.3. The van der Waals surface area contributed by atoms with Crippen LogP contribution in [0.25, 0.3) is 5.57 Å². The Kier molecular flexibility index (Phi) is 10.9. The number of allylic oxidation sites excluding steroid dienone is 3. The first kappa shape index (κ1) is 28.1. The summed E-state index contributed by atoms with van der Waals surface area (Å²) in [7, 11) is 0. The Morgan fingerprint density at radius 2 is 1.74 bits per heavy atom. The number of rotatable bonds is 11. The maximum Gasteiger partial charge on any atom is 0.411 e. The van der Waals surface area contributed by atoms with Gasteiger partial charge in [0.15, 0.2) is 0 Å². The Morgan fingerprint density at radius 3 is 2.26 bits per heavy atom. The van der Waals surface area contributed by atoms with Gasteiger partial charge in [-0.15, -0.1) is 0 Å². The van der Waals surface area contributed by atoms with Gasteiger partial charge in [0.05, 0.1) is 12.2 Å². The quantitative estimate of drug-likeness (QED) is 0.222. The van der Waals surface area contributed by atoms with E-state index < -0.39 is 49.4 Å². The molecule has 0 saturated heterocycles. The van der Waals surface area contributed by atoms with Crippen molar-refractivity contribution in [3.05, 3.63) is 65.3 Å². The van der Waals surface area contributed by atoms with Gasteiger partial charge in [-0.1, -0.05) is 38.5 Å². The lowest BCUT2D eigenvalue weighted by molar-refractivity contribution is -0.171. The highest BCUT2D eigenvalue weighted by atomic mass is 19.4. The van der Waals surface area contributed by atoms with Crippen LogP contribution < -0.4 is 0 Å². The first-order valence-electron chi connectivity index (χ1n) is 11.5. The summed E-state index contributed by atoms with van der Waals surface area (Å²) in [5, 5.41) is 0. The van der Waals surface area contributed by atoms with Crippen LogP contribution in [0.3, 0.4) is 0 Å². The molecule has 0 bridgehead atoms. The van der Waals surface area contributed by atoms with Crippen LogP contribution in [-0.2, 0) is 4.74 Å². The van der Waals surface area contributed by atoms with Gasteiger partial charge in [-0.25, -0.2) is 17.6 Å². The summed E-state index contributed by atoms with van der Waals surface area (Å²) in [6, 6.07) is 2.53. The molecule has 0 unspecified atom stereocenters. The van der Waals surface area contributed by atoms with Gasteiger partial charge in [0.1, 0.15) is 18.2 Å². The Labute approximate surface area is 196 Å². The van der Waals surface area contributed by atoms with Crippen molar-refractivity contribution in [2.75, 3.05) is 13.2 Å². The van der Waals surface area contributed by atoms with Crippen molar-refractivity contribution in [1.82, 2.24) is 0 Å². The number of ether oxygens (including phenoxy) is 1. The molecule has 0 heterocycles. The Morgan fingerprint density at radius 1 is 1.12 bits per heavy atom. The highest BCUT2D eigenvalue weighted by Crippen LogP contribution is 2.39. The van der Waals surface area contributed by atoms with E-state index in [9.17, 15) is 22.0 Å². The topological polar surface area (TPSA) is 9.23 Å². The predicted molar refractivity (Wildman–Crippen MR) is 120 cm³/mol. The maximum atomic E-state index is 15.1. The molecule has 0 N–H and O–H groups in total. The zero-order valence-electron chi connectivity index (χ0n) is 19.2. The third-order valence-electron chi connectivity index (χ3n) is 5.89. The van der Waals surface area contributed by atoms with Crippen molar-refractivity contribution in [3.63, 3.8) is 0 Å². The summed E-state index contributed by atoms with van der Waals surface area (Å²) >= 11 is 0. The average molecular weight is 493 g/mol. The molecular weight excluding hydrogens is 461 g/mol. The molecule has 2 rings (SSSR count). The van der Waals surface area contributed by atoms with Crippen molar-refractivity contribution < 1.29 is 35.5 Å². The lowest BCUT2D eigenvalue weighted by atomic mass is 9.77. The minimum absolute atomic E-state index is 0.0121. The summed E-state index contributed by atoms with van der Waals surface area (Å²) in [6.45, 7) is 3.65. The number of alkyl halides is 5. The van der Waals surface area contributed by atoms with Crippen LogP contribution in [0.15, 0.2) is 42.5 Å². The molecule has 0 atom stereocenters. The van der Waals surface area contributed by atoms with Crippen molar-refractivity contribution in [3.8, 4) is 0 Å². The lowest BCUT2D eigenvalue weighted by Crippen LogP contribution is -2.17. The smallest absolute Gasteiger partial charge is 0.367 e. The predicted octanol–water partition coefficient (Wildman–Crippen LogP) is 8.77. The molecule has 0 aliphatic heterocycles. The summed E-state index contributed by atoms with van der Waals surface area (Å²) in [5.41, 5.74) is 0.0235. The van der Waals surface area contributed by atoms with Gasteiger partial charge in [0.2, 0.25) is 6.43 Å². The molecular formula is C26H31F7O. The number of benzene rings is 1. The zero-order valence-corrected chi connectivity index (χ0v) is 19.2. The molecule has 190 valence electrons. The van der Waals surface area contributed by atoms with E-state index >= 15 is 8.78 Å². The average Bonchev–Trinajstić information content (AvgIpc) is 2.72. The lowest BCUT2D eigenvalue weighted by Gasteiger charge is -2.29. The number of hydrogen-bond donors (Lipinski definition) is 0. The van der Waals surface area contributed by atoms with E-state index in [0.29, 0.717) is 11.5 Å². The molecule has 1 aromatic rings. The van der Waals surface area contributed by atoms with Gasteiger partial charge in [0.25, 0.3) is 0 Å². The van der Waals surface area contributed by atoms with Gasteiger partial charge >= 0.3 is 6.18 Å². The monoisotopic (exact) mass is 492 g/mol. The van der Waals surface area contributed by atoms with Crippen molar-refractivity contribution in [2.24, 2.45) is 5.92 Å². The van der Waals surface area contributed by atoms with Crippen molar-refractivity contribution in [2.45, 2.75) is 70.4 Å². The van der Waals surface area contributed by atoms with E-state index in [-0.39, 0.29) is 17.1 Å². The van der Waals surface area contributed by atoms with Crippen molar-refractivity contribution >= 4 is 5.57 Å². The second-order valence-electron chi connectivity index (χ2n) is 8.76. The highest BCUT2D eigenvalue weighted by Gasteiger charge is 2.27. The van der Waals surface area contributed by atoms with Crippen LogP contribution in [0.4, 0.5) is 30.7 Å². The van der Waals surface area contributed by atoms with Gasteiger partial charge < -0.3 is 4.74 Å². The first-order chi connectivity index (χ1) is 16.0. The molecule has 1 aliphatic carbocycles. The van der Waals surface area contributed by atoms with E-state index in [1.54, 1.807) is 0 Å². The van der Waals surface area contributed by atoms with Crippen LogP contribution in [0.2, 0.25) is 0 Å². The largest absolute Gasteiger partial charge is 0.411 e. The van der Waals surface area contributed by atoms with E-state index in [4.69, 9.17) is 0 Å². The third kappa shape index (κ3) is 9.28. The van der Waals surface area contributed by atoms with E-state index in [1.807, 2.05) is 0 Å². The molecule has 1 aromatic carbocycles. The Bertz CT molecular complexity index is 839. The maximum absolute atomic E-state index is 15.1. The molecule has 34 heavy (non-hydrogen) atoms. The second kappa shape index (κ2) is 13.1. The van der Waals surface area contributed by atoms with E-state index in [1.165, 1.54) is 12.1 Å². The molecule has 0 aromatic heterocycles. The summed E-state index contributed by atoms with van der Waals surface area (Å²) < 4.78 is 96.7. The SMILES string of the molecule is C=C(/C=C(\C=C/CC(F)F)c1c(F)cc(C2CCC(CCC)CC2)cc1F)COCC(F)(F)F. The van der Waals surface area contributed by atoms with E-state index in [2.05, 4.69) is 18.2 Å². The number of hydrogen-bond acceptors (Lipinski definition) is 1. The fourth-order valence-corrected chi connectivity index (χ4v) is 4.36. The van der Waals surface area contributed by atoms with Gasteiger partial charge in [0, 0.05) is 6.42 Å². The summed E-state index contributed by atoms with van der Waals surface area (Å²) in [5.74, 6) is -1.04. The third-order valence-corrected chi connectivity index (χ3v) is 5.89. The molecule has 1 aliphatic rings. The van der Waals surface area contributed by atoms with Gasteiger partial charge in [-0.05, 0) is 72.4 Å². The second-order valence-corrected chi connectivity index (χ2v) is 8.76. The van der Waals surface area contributed by atoms with Crippen LogP contribution in [0, 0.1) is 17.6 Å². The standard InChI is InChI=1S/C26H31F7O/c1-3-5-18-8-10-19(11-9-18)21-13-22(27)25(23(28)14-21)20(6-4-7-24(29)30)12-17(2)15-34-16-26(31,32)33/h4,6,12-14,18-19,24H,2-3,5,7-11,15-16H2,1H3/b6-4-,20-12+. The summed E-state index contributed by atoms with van der Waals surface area (Å²) in [6.07, 6.45) is 1.43. The molecule has 1 nitrogen and oxygen atoms in total. The highest BCUT2D eigenvalue weighted by molar-refractivity contribution is 5.77. The minimum Gasteiger partial charge on any atom is -0.367 e. The molecule has 0 amide bonds. The molecule has 0 radical (unpaired) electrons. The fraction of sp³-hybridized carbons (Fsp3) is 0.538. The Hall–Kier alpha value is -2.09. The summed E-state index contributed by atoms with van der Waals surface area (Å²) in [4.78, 5) is 0. The number of halogens is 7. The van der Waals surface area contributed by atoms with Gasteiger partial charge in [-0.2, -0.15) is 13.2 Å². The Balaban J connectivity index is 2.25. The molecule has 8 heteroatoms. The molecule has 1 fully saturated rings. The van der Waals surface area contributed by atoms with Crippen molar-refractivity contribution in [1.29, 1.82) is 0 Å². The minimum atomic E-state index is -4.53.